The first-order chi connectivity index (χ1) is 0. The zero-order valence-corrected chi connectivity index (χ0v) is 16.6. The van der Waals surface area contributed by atoms with Crippen molar-refractivity contribution in [2.75, 3.05) is 0 Å². The fourth-order valence-electron chi connectivity index (χ4n) is 0. The average molecular weight is 712 g/mol. The van der Waals surface area contributed by atoms with Crippen LogP contribution in [0.15, 0.2) is 0 Å². The van der Waals surface area contributed by atoms with E-state index in [-0.39, 0.29) is 143 Å². The molecule has 0 atom stereocenters. The monoisotopic (exact) mass is 710 g/mol. The molecule has 0 aliphatic rings. The zero-order valence-electron chi connectivity index (χ0n) is 4.75. The summed E-state index contributed by atoms with van der Waals surface area (Å²) in [7, 11) is 0. The Morgan fingerprint density at radius 1 is 0.273 bits per heavy atom. The van der Waals surface area contributed by atoms with E-state index in [1.807, 2.05) is 0 Å². The molecule has 11 heteroatoms. The zero-order chi connectivity index (χ0) is 0. The largest absolute Gasteiger partial charge is 4.00 e. The van der Waals surface area contributed by atoms with Gasteiger partial charge in [-0.3, -0.25) is 0 Å². The van der Waals surface area contributed by atoms with Crippen molar-refractivity contribution in [3.05, 3.63) is 0 Å². The van der Waals surface area contributed by atoms with Gasteiger partial charge in [0.2, 0.25) is 0 Å². The average Bonchev–Trinajstić information content (AvgIpc) is 0. The first-order valence-corrected chi connectivity index (χ1v) is 0. The molecule has 0 aromatic carbocycles. The summed E-state index contributed by atoms with van der Waals surface area (Å²) in [5.41, 5.74) is 0. The van der Waals surface area contributed by atoms with Crippen molar-refractivity contribution in [2.24, 2.45) is 0 Å². The summed E-state index contributed by atoms with van der Waals surface area (Å²) in [6.45, 7) is 0. The first-order valence-electron chi connectivity index (χ1n) is 0. The fourth-order valence-corrected chi connectivity index (χ4v) is 0. The minimum atomic E-state index is 0. The van der Waals surface area contributed by atoms with E-state index >= 15 is 0 Å². The fraction of sp³-hybridized carbons (Fsp3) is 0. The summed E-state index contributed by atoms with van der Waals surface area (Å²) in [4.78, 5) is 0. The summed E-state index contributed by atoms with van der Waals surface area (Å²) in [6.07, 6.45) is 0. The molecule has 4 radical (unpaired) electrons. The van der Waals surface area contributed by atoms with Crippen LogP contribution in [0.1, 0.15) is 0 Å². The molecule has 0 rings (SSSR count). The van der Waals surface area contributed by atoms with Gasteiger partial charge in [0.15, 0.2) is 0 Å². The van der Waals surface area contributed by atoms with Crippen molar-refractivity contribution in [2.45, 2.75) is 0 Å². The predicted octanol–water partition coefficient (Wildman–Crippen LogP) is -1.60. The van der Waals surface area contributed by atoms with E-state index in [4.69, 9.17) is 0 Å². The maximum Gasteiger partial charge on any atom is 4.00 e. The van der Waals surface area contributed by atoms with Gasteiger partial charge < -0.3 is 38.3 Å². The van der Waals surface area contributed by atoms with Crippen molar-refractivity contribution in [1.29, 1.82) is 0 Å². The first kappa shape index (κ1) is 237. The van der Waals surface area contributed by atoms with Crippen molar-refractivity contribution >= 4 is 52.4 Å². The Morgan fingerprint density at radius 2 is 0.273 bits per heavy atom. The molecule has 7 nitrogen and oxygen atoms in total. The SMILES string of the molecule is [Bi+3].[Bi+3].[O-2].[O-2].[O-2].[O-2].[O-2].[O-2].[O-2].[Zr+4].[Zr+4]. The van der Waals surface area contributed by atoms with Gasteiger partial charge in [-0.2, -0.15) is 0 Å². The molecule has 0 heterocycles. The van der Waals surface area contributed by atoms with Crippen LogP contribution in [0, 0.1) is 0 Å². The van der Waals surface area contributed by atoms with Gasteiger partial charge in [-0.1, -0.05) is 0 Å². The van der Waals surface area contributed by atoms with Crippen LogP contribution in [0.25, 0.3) is 0 Å². The van der Waals surface area contributed by atoms with E-state index in [0.29, 0.717) is 0 Å². The molecule has 0 N–H and O–H groups in total. The molecule has 0 aliphatic heterocycles. The van der Waals surface area contributed by atoms with Crippen LogP contribution in [-0.2, 0) is 90.7 Å². The summed E-state index contributed by atoms with van der Waals surface area (Å²) < 4.78 is 0. The Bertz CT molecular complexity index is 14.4. The molecule has 0 saturated heterocycles. The third kappa shape index (κ3) is 159. The quantitative estimate of drug-likeness (QED) is 0.261. The minimum absolute atomic E-state index is 0. The molecule has 0 spiro atoms. The van der Waals surface area contributed by atoms with Crippen molar-refractivity contribution in [3.63, 3.8) is 0 Å². The minimum Gasteiger partial charge on any atom is -2.00 e. The molecule has 0 unspecified atom stereocenters. The maximum atomic E-state index is 0. The van der Waals surface area contributed by atoms with E-state index < -0.39 is 0 Å². The van der Waals surface area contributed by atoms with Gasteiger partial charge in [-0.25, -0.2) is 0 Å². The Labute approximate surface area is 141 Å². The van der Waals surface area contributed by atoms with Crippen LogP contribution < -0.4 is 0 Å². The Hall–Kier alpha value is 3.25. The number of hydrogen-bond acceptors (Lipinski definition) is 0. The van der Waals surface area contributed by atoms with Crippen LogP contribution in [0.3, 0.4) is 0 Å². The van der Waals surface area contributed by atoms with Crippen LogP contribution in [0.5, 0.6) is 0 Å². The molecular formula is Bi2O7Zr2. The van der Waals surface area contributed by atoms with Gasteiger partial charge in [0.1, 0.15) is 0 Å². The number of rotatable bonds is 0. The molecule has 0 amide bonds. The summed E-state index contributed by atoms with van der Waals surface area (Å²) in [6, 6.07) is 0. The second kappa shape index (κ2) is 188. The summed E-state index contributed by atoms with van der Waals surface area (Å²) in [5, 5.41) is 0. The third-order valence-electron chi connectivity index (χ3n) is 0. The van der Waals surface area contributed by atoms with Crippen LogP contribution >= 0.6 is 0 Å². The third-order valence-corrected chi connectivity index (χ3v) is 0. The van der Waals surface area contributed by atoms with Gasteiger partial charge in [0, 0.05) is 0 Å². The standard InChI is InChI=1S/2Bi.7O.2Zr/q2*+3;7*-2;2*+4. The molecule has 0 aromatic rings. The Kier molecular flexibility index (Phi) is 4050. The van der Waals surface area contributed by atoms with Gasteiger partial charge >= 0.3 is 105 Å². The topological polar surface area (TPSA) is 200 Å². The molecule has 0 fully saturated rings. The second-order valence-electron chi connectivity index (χ2n) is 0. The van der Waals surface area contributed by atoms with Crippen molar-refractivity contribution in [3.8, 4) is 0 Å². The Balaban J connectivity index is 0. The summed E-state index contributed by atoms with van der Waals surface area (Å²) in [5.74, 6) is 0. The van der Waals surface area contributed by atoms with Crippen LogP contribution in [0.2, 0.25) is 0 Å². The molecule has 0 saturated carbocycles. The number of hydrogen-bond donors (Lipinski definition) is 0. The van der Waals surface area contributed by atoms with Crippen LogP contribution in [0.4, 0.5) is 0 Å². The van der Waals surface area contributed by atoms with Gasteiger partial charge in [-0.05, 0) is 0 Å². The maximum absolute atomic E-state index is 0. The molecule has 11 heavy (non-hydrogen) atoms. The predicted molar refractivity (Wildman–Crippen MR) is 16.3 cm³/mol. The van der Waals surface area contributed by atoms with Crippen molar-refractivity contribution < 1.29 is 90.7 Å². The smallest absolute Gasteiger partial charge is 2.00 e. The molecule has 0 aromatic heterocycles. The Morgan fingerprint density at radius 3 is 0.273 bits per heavy atom. The molecular weight excluding hydrogens is 712 g/mol. The van der Waals surface area contributed by atoms with E-state index in [1.54, 1.807) is 0 Å². The van der Waals surface area contributed by atoms with E-state index in [2.05, 4.69) is 0 Å². The van der Waals surface area contributed by atoms with Gasteiger partial charge in [0.05, 0.1) is 0 Å². The normalized spacial score (nSPS) is 0. The molecule has 60 valence electrons. The van der Waals surface area contributed by atoms with Crippen molar-refractivity contribution in [1.82, 2.24) is 0 Å². The van der Waals surface area contributed by atoms with Gasteiger partial charge in [0.25, 0.3) is 0 Å². The van der Waals surface area contributed by atoms with Gasteiger partial charge in [-0.15, -0.1) is 0 Å². The summed E-state index contributed by atoms with van der Waals surface area (Å²) >= 11 is 0. The van der Waals surface area contributed by atoms with E-state index in [9.17, 15) is 0 Å². The molecule has 0 bridgehead atoms. The molecule has 0 aliphatic carbocycles. The van der Waals surface area contributed by atoms with E-state index in [0.717, 1.165) is 0 Å². The second-order valence-corrected chi connectivity index (χ2v) is 0. The van der Waals surface area contributed by atoms with E-state index in [1.165, 1.54) is 0 Å². The van der Waals surface area contributed by atoms with Crippen LogP contribution in [-0.4, -0.2) is 52.4 Å².